The van der Waals surface area contributed by atoms with Gasteiger partial charge in [-0.05, 0) is 30.2 Å². The van der Waals surface area contributed by atoms with Crippen molar-refractivity contribution in [3.63, 3.8) is 0 Å². The molecule has 0 aliphatic carbocycles. The third kappa shape index (κ3) is 9.92. The molecule has 188 valence electrons. The van der Waals surface area contributed by atoms with Crippen molar-refractivity contribution in [3.8, 4) is 11.1 Å². The maximum absolute atomic E-state index is 12.8. The molecule has 0 saturated carbocycles. The molecule has 1 atom stereocenters. The number of amides is 1. The second kappa shape index (κ2) is 15.0. The minimum atomic E-state index is -0.422. The Hall–Kier alpha value is -3.16. The molecule has 1 N–H and O–H groups in total. The fourth-order valence-corrected chi connectivity index (χ4v) is 3.30. The summed E-state index contributed by atoms with van der Waals surface area (Å²) in [5.74, 6) is -0.0141. The zero-order chi connectivity index (χ0) is 25.6. The summed E-state index contributed by atoms with van der Waals surface area (Å²) >= 11 is 0. The van der Waals surface area contributed by atoms with Gasteiger partial charge in [0, 0.05) is 36.8 Å². The number of rotatable bonds is 16. The van der Waals surface area contributed by atoms with E-state index < -0.39 is 6.04 Å². The summed E-state index contributed by atoms with van der Waals surface area (Å²) < 4.78 is 11.1. The van der Waals surface area contributed by atoms with Crippen LogP contribution in [0.1, 0.15) is 67.2 Å². The minimum absolute atomic E-state index is 0.0339. The largest absolute Gasteiger partial charge is 0.379 e. The van der Waals surface area contributed by atoms with Gasteiger partial charge in [0.05, 0.1) is 32.5 Å². The van der Waals surface area contributed by atoms with Gasteiger partial charge in [0.25, 0.3) is 5.91 Å². The van der Waals surface area contributed by atoms with Crippen LogP contribution in [-0.2, 0) is 19.1 Å². The number of hydrogen-bond donors (Lipinski definition) is 1. The Balaban J connectivity index is 1.97. The molecule has 0 aliphatic rings. The highest BCUT2D eigenvalue weighted by atomic mass is 16.5. The van der Waals surface area contributed by atoms with Gasteiger partial charge in [-0.15, -0.1) is 0 Å². The van der Waals surface area contributed by atoms with Crippen molar-refractivity contribution < 1.29 is 28.7 Å². The molecule has 7 heteroatoms. The third-order valence-corrected chi connectivity index (χ3v) is 5.50. The number of carbonyl (C=O) groups excluding carboxylic acids is 4. The molecule has 1 unspecified atom stereocenters. The Kier molecular flexibility index (Phi) is 12.0. The molecule has 2 rings (SSSR count). The molecule has 0 aromatic heterocycles. The first-order valence-electron chi connectivity index (χ1n) is 12.0. The van der Waals surface area contributed by atoms with Crippen LogP contribution in [-0.4, -0.2) is 55.7 Å². The Morgan fingerprint density at radius 2 is 1.26 bits per heavy atom. The summed E-state index contributed by atoms with van der Waals surface area (Å²) in [4.78, 5) is 47.2. The van der Waals surface area contributed by atoms with Crippen LogP contribution in [0.3, 0.4) is 0 Å². The number of benzene rings is 2. The topological polar surface area (TPSA) is 98.8 Å². The summed E-state index contributed by atoms with van der Waals surface area (Å²) in [7, 11) is 0. The van der Waals surface area contributed by atoms with E-state index in [-0.39, 0.29) is 49.7 Å². The average molecular weight is 482 g/mol. The van der Waals surface area contributed by atoms with Crippen LogP contribution >= 0.6 is 0 Å². The second-order valence-electron chi connectivity index (χ2n) is 8.35. The molecule has 2 aromatic carbocycles. The number of ketones is 3. The molecule has 0 spiro atoms. The summed E-state index contributed by atoms with van der Waals surface area (Å²) in [5.41, 5.74) is 3.06. The van der Waals surface area contributed by atoms with Gasteiger partial charge in [-0.1, -0.05) is 50.2 Å². The summed E-state index contributed by atoms with van der Waals surface area (Å²) in [6.45, 7) is 6.09. The minimum Gasteiger partial charge on any atom is -0.379 e. The number of nitrogens with one attached hydrogen (secondary N) is 1. The number of ether oxygens (including phenoxy) is 2. The van der Waals surface area contributed by atoms with Gasteiger partial charge in [-0.25, -0.2) is 0 Å². The maximum Gasteiger partial charge on any atom is 0.251 e. The van der Waals surface area contributed by atoms with E-state index in [2.05, 4.69) is 5.32 Å². The van der Waals surface area contributed by atoms with Gasteiger partial charge in [0.15, 0.2) is 5.78 Å². The smallest absolute Gasteiger partial charge is 0.251 e. The zero-order valence-corrected chi connectivity index (χ0v) is 20.8. The van der Waals surface area contributed by atoms with Crippen molar-refractivity contribution in [2.45, 2.75) is 52.5 Å². The predicted molar refractivity (Wildman–Crippen MR) is 135 cm³/mol. The first-order chi connectivity index (χ1) is 16.8. The van der Waals surface area contributed by atoms with E-state index in [1.54, 1.807) is 12.1 Å². The van der Waals surface area contributed by atoms with Crippen molar-refractivity contribution in [2.75, 3.05) is 26.4 Å². The van der Waals surface area contributed by atoms with Crippen LogP contribution in [0.4, 0.5) is 0 Å². The van der Waals surface area contributed by atoms with Crippen molar-refractivity contribution in [2.24, 2.45) is 0 Å². The molecule has 0 radical (unpaired) electrons. The standard InChI is InChI=1S/C28H35NO6/c1-4-26(31)15-17-35-19-25(18-34-16-14-20(3)30)29-28(33)24-12-8-22(9-13-24)21-6-10-23(11-7-21)27(32)5-2/h6-13,25H,4-5,14-19H2,1-3H3,(H,29,33). The van der Waals surface area contributed by atoms with E-state index in [4.69, 9.17) is 9.47 Å². The molecule has 0 aliphatic heterocycles. The predicted octanol–water partition coefficient (Wildman–Crippen LogP) is 4.43. The third-order valence-electron chi connectivity index (χ3n) is 5.50. The molecule has 0 fully saturated rings. The highest BCUT2D eigenvalue weighted by Crippen LogP contribution is 2.21. The Bertz CT molecular complexity index is 982. The molecule has 2 aromatic rings. The summed E-state index contributed by atoms with van der Waals surface area (Å²) in [5, 5.41) is 2.91. The van der Waals surface area contributed by atoms with Crippen LogP contribution in [0, 0.1) is 0 Å². The van der Waals surface area contributed by atoms with Crippen LogP contribution < -0.4 is 5.32 Å². The molecule has 7 nitrogen and oxygen atoms in total. The van der Waals surface area contributed by atoms with E-state index >= 15 is 0 Å². The van der Waals surface area contributed by atoms with E-state index in [9.17, 15) is 19.2 Å². The van der Waals surface area contributed by atoms with E-state index in [0.29, 0.717) is 36.8 Å². The van der Waals surface area contributed by atoms with Gasteiger partial charge in [0.1, 0.15) is 11.6 Å². The Morgan fingerprint density at radius 3 is 1.74 bits per heavy atom. The van der Waals surface area contributed by atoms with Crippen molar-refractivity contribution >= 4 is 23.3 Å². The number of carbonyl (C=O) groups is 4. The molecular formula is C28H35NO6. The monoisotopic (exact) mass is 481 g/mol. The highest BCUT2D eigenvalue weighted by Gasteiger charge is 2.15. The van der Waals surface area contributed by atoms with Gasteiger partial charge < -0.3 is 14.8 Å². The fraction of sp³-hybridized carbons (Fsp3) is 0.429. The van der Waals surface area contributed by atoms with Crippen molar-refractivity contribution in [1.82, 2.24) is 5.32 Å². The van der Waals surface area contributed by atoms with Gasteiger partial charge in [-0.3, -0.25) is 19.2 Å². The zero-order valence-electron chi connectivity index (χ0n) is 20.8. The molecule has 0 heterocycles. The lowest BCUT2D eigenvalue weighted by atomic mass is 10.0. The molecule has 0 saturated heterocycles. The van der Waals surface area contributed by atoms with Crippen molar-refractivity contribution in [1.29, 1.82) is 0 Å². The lowest BCUT2D eigenvalue weighted by Crippen LogP contribution is -2.41. The van der Waals surface area contributed by atoms with Crippen LogP contribution in [0.5, 0.6) is 0 Å². The van der Waals surface area contributed by atoms with E-state index in [1.807, 2.05) is 50.2 Å². The quantitative estimate of drug-likeness (QED) is 0.281. The highest BCUT2D eigenvalue weighted by molar-refractivity contribution is 5.96. The number of Topliss-reactive ketones (excluding diaryl/α,β-unsaturated/α-hetero) is 3. The van der Waals surface area contributed by atoms with E-state index in [0.717, 1.165) is 11.1 Å². The SMILES string of the molecule is CCC(=O)CCOCC(COCCC(C)=O)NC(=O)c1ccc(-c2ccc(C(=O)CC)cc2)cc1. The van der Waals surface area contributed by atoms with Gasteiger partial charge >= 0.3 is 0 Å². The Morgan fingerprint density at radius 1 is 0.743 bits per heavy atom. The molecular weight excluding hydrogens is 446 g/mol. The van der Waals surface area contributed by atoms with Gasteiger partial charge in [0.2, 0.25) is 0 Å². The lowest BCUT2D eigenvalue weighted by molar-refractivity contribution is -0.120. The number of hydrogen-bond acceptors (Lipinski definition) is 6. The van der Waals surface area contributed by atoms with Gasteiger partial charge in [-0.2, -0.15) is 0 Å². The molecule has 0 bridgehead atoms. The maximum atomic E-state index is 12.8. The molecule has 1 amide bonds. The Labute approximate surface area is 207 Å². The fourth-order valence-electron chi connectivity index (χ4n) is 3.30. The second-order valence-corrected chi connectivity index (χ2v) is 8.35. The average Bonchev–Trinajstić information content (AvgIpc) is 2.88. The van der Waals surface area contributed by atoms with Crippen molar-refractivity contribution in [3.05, 3.63) is 59.7 Å². The van der Waals surface area contributed by atoms with Crippen LogP contribution in [0.25, 0.3) is 11.1 Å². The van der Waals surface area contributed by atoms with E-state index in [1.165, 1.54) is 6.92 Å². The summed E-state index contributed by atoms with van der Waals surface area (Å²) in [6, 6.07) is 14.2. The summed E-state index contributed by atoms with van der Waals surface area (Å²) in [6.07, 6.45) is 1.57. The first-order valence-corrected chi connectivity index (χ1v) is 12.0. The normalized spacial score (nSPS) is 11.6. The van der Waals surface area contributed by atoms with Crippen LogP contribution in [0.2, 0.25) is 0 Å². The van der Waals surface area contributed by atoms with Crippen LogP contribution in [0.15, 0.2) is 48.5 Å². The first kappa shape index (κ1) is 28.1. The molecule has 35 heavy (non-hydrogen) atoms. The lowest BCUT2D eigenvalue weighted by Gasteiger charge is -2.19.